The molecule has 1 atom stereocenters. The normalized spacial score (nSPS) is 22.0. The van der Waals surface area contributed by atoms with Crippen LogP contribution in [0.2, 0.25) is 0 Å². The molecule has 0 bridgehead atoms. The summed E-state index contributed by atoms with van der Waals surface area (Å²) in [6, 6.07) is 8.22. The molecule has 6 heteroatoms. The van der Waals surface area contributed by atoms with E-state index in [4.69, 9.17) is 0 Å². The summed E-state index contributed by atoms with van der Waals surface area (Å²) in [7, 11) is 0. The van der Waals surface area contributed by atoms with E-state index in [-0.39, 0.29) is 17.9 Å². The number of hydrogen-bond acceptors (Lipinski definition) is 4. The van der Waals surface area contributed by atoms with Crippen LogP contribution in [0.25, 0.3) is 10.1 Å². The third-order valence-electron chi connectivity index (χ3n) is 6.96. The van der Waals surface area contributed by atoms with Crippen LogP contribution in [0.5, 0.6) is 0 Å². The fourth-order valence-corrected chi connectivity index (χ4v) is 6.47. The Balaban J connectivity index is 1.49. The van der Waals surface area contributed by atoms with Gasteiger partial charge in [-0.05, 0) is 55.5 Å². The first-order valence-electron chi connectivity index (χ1n) is 11.7. The van der Waals surface area contributed by atoms with Crippen molar-refractivity contribution in [2.24, 2.45) is 5.92 Å². The van der Waals surface area contributed by atoms with Gasteiger partial charge in [-0.15, -0.1) is 11.3 Å². The summed E-state index contributed by atoms with van der Waals surface area (Å²) in [6.45, 7) is 11.8. The van der Waals surface area contributed by atoms with Crippen molar-refractivity contribution in [3.05, 3.63) is 34.7 Å². The molecule has 0 aliphatic carbocycles. The summed E-state index contributed by atoms with van der Waals surface area (Å²) in [5.41, 5.74) is 0.697. The molecule has 2 fully saturated rings. The maximum atomic E-state index is 13.3. The highest BCUT2D eigenvalue weighted by Crippen LogP contribution is 2.36. The van der Waals surface area contributed by atoms with Crippen LogP contribution in [0.15, 0.2) is 24.3 Å². The number of likely N-dealkylation sites (tertiary alicyclic amines) is 1. The lowest BCUT2D eigenvalue weighted by Gasteiger charge is -2.51. The monoisotopic (exact) mass is 441 g/mol. The number of piperidine rings is 1. The number of aryl methyl sites for hydroxylation is 1. The van der Waals surface area contributed by atoms with E-state index in [2.05, 4.69) is 62.2 Å². The first-order valence-corrected chi connectivity index (χ1v) is 12.5. The van der Waals surface area contributed by atoms with E-state index >= 15 is 0 Å². The predicted molar refractivity (Wildman–Crippen MR) is 127 cm³/mol. The Labute approximate surface area is 189 Å². The summed E-state index contributed by atoms with van der Waals surface area (Å²) in [6.07, 6.45) is 3.00. The smallest absolute Gasteiger partial charge is 0.246 e. The number of carbonyl (C=O) groups is 2. The Morgan fingerprint density at radius 1 is 1.19 bits per heavy atom. The van der Waals surface area contributed by atoms with Crippen molar-refractivity contribution in [1.82, 2.24) is 15.1 Å². The standard InChI is InChI=1S/C25H35N3O2S/c1-5-12-28-23(29)20(15-17(2)3)26-24(30)25(28)10-13-27(14-11-25)16-22-18(4)19-8-6-7-9-21(19)31-22/h6-9,17,20H,5,10-16H2,1-4H3,(H,26,30). The molecule has 2 aromatic rings. The third-order valence-corrected chi connectivity index (χ3v) is 8.21. The van der Waals surface area contributed by atoms with Crippen molar-refractivity contribution in [3.63, 3.8) is 0 Å². The van der Waals surface area contributed by atoms with Crippen LogP contribution in [0.3, 0.4) is 0 Å². The molecule has 4 rings (SSSR count). The number of fused-ring (bicyclic) bond motifs is 1. The maximum Gasteiger partial charge on any atom is 0.246 e. The minimum absolute atomic E-state index is 0.0592. The number of carbonyl (C=O) groups excluding carboxylic acids is 2. The number of benzene rings is 1. The van der Waals surface area contributed by atoms with Crippen LogP contribution in [-0.2, 0) is 16.1 Å². The minimum atomic E-state index is -0.674. The summed E-state index contributed by atoms with van der Waals surface area (Å²) in [5, 5.41) is 4.44. The van der Waals surface area contributed by atoms with E-state index in [0.717, 1.165) is 26.1 Å². The van der Waals surface area contributed by atoms with Gasteiger partial charge < -0.3 is 10.2 Å². The van der Waals surface area contributed by atoms with Gasteiger partial charge in [-0.1, -0.05) is 39.0 Å². The van der Waals surface area contributed by atoms with Crippen LogP contribution < -0.4 is 5.32 Å². The molecule has 2 aliphatic rings. The lowest BCUT2D eigenvalue weighted by molar-refractivity contribution is -0.161. The van der Waals surface area contributed by atoms with Crippen LogP contribution in [0.4, 0.5) is 0 Å². The first-order chi connectivity index (χ1) is 14.9. The van der Waals surface area contributed by atoms with Crippen molar-refractivity contribution in [2.75, 3.05) is 19.6 Å². The number of thiophene rings is 1. The average molecular weight is 442 g/mol. The number of nitrogens with one attached hydrogen (secondary N) is 1. The molecule has 1 aromatic heterocycles. The molecule has 168 valence electrons. The Morgan fingerprint density at radius 2 is 1.90 bits per heavy atom. The van der Waals surface area contributed by atoms with Crippen molar-refractivity contribution in [1.29, 1.82) is 0 Å². The van der Waals surface area contributed by atoms with Crippen LogP contribution >= 0.6 is 11.3 Å². The molecule has 1 spiro atoms. The van der Waals surface area contributed by atoms with Crippen LogP contribution in [0, 0.1) is 12.8 Å². The first kappa shape index (κ1) is 22.3. The Bertz CT molecular complexity index is 959. The summed E-state index contributed by atoms with van der Waals surface area (Å²) < 4.78 is 1.34. The molecule has 1 unspecified atom stereocenters. The molecule has 2 aliphatic heterocycles. The largest absolute Gasteiger partial charge is 0.342 e. The van der Waals surface area contributed by atoms with E-state index < -0.39 is 5.54 Å². The van der Waals surface area contributed by atoms with Crippen molar-refractivity contribution in [2.45, 2.75) is 71.5 Å². The zero-order valence-corrected chi connectivity index (χ0v) is 20.1. The Morgan fingerprint density at radius 3 is 2.55 bits per heavy atom. The molecule has 31 heavy (non-hydrogen) atoms. The molecular weight excluding hydrogens is 406 g/mol. The number of amides is 2. The zero-order valence-electron chi connectivity index (χ0n) is 19.2. The maximum absolute atomic E-state index is 13.3. The summed E-state index contributed by atoms with van der Waals surface area (Å²) in [5.74, 6) is 0.547. The van der Waals surface area contributed by atoms with Gasteiger partial charge in [0, 0.05) is 35.8 Å². The summed E-state index contributed by atoms with van der Waals surface area (Å²) >= 11 is 1.87. The van der Waals surface area contributed by atoms with E-state index in [9.17, 15) is 9.59 Å². The van der Waals surface area contributed by atoms with E-state index in [0.29, 0.717) is 31.7 Å². The molecule has 1 N–H and O–H groups in total. The Hall–Kier alpha value is -1.92. The van der Waals surface area contributed by atoms with E-state index in [1.54, 1.807) is 0 Å². The number of hydrogen-bond donors (Lipinski definition) is 1. The summed E-state index contributed by atoms with van der Waals surface area (Å²) in [4.78, 5) is 32.4. The fraction of sp³-hybridized carbons (Fsp3) is 0.600. The van der Waals surface area contributed by atoms with Gasteiger partial charge in [0.1, 0.15) is 11.6 Å². The highest BCUT2D eigenvalue weighted by atomic mass is 32.1. The van der Waals surface area contributed by atoms with Crippen molar-refractivity contribution < 1.29 is 9.59 Å². The molecule has 2 saturated heterocycles. The highest BCUT2D eigenvalue weighted by Gasteiger charge is 2.53. The van der Waals surface area contributed by atoms with Gasteiger partial charge in [0.15, 0.2) is 0 Å². The van der Waals surface area contributed by atoms with Crippen molar-refractivity contribution in [3.8, 4) is 0 Å². The highest BCUT2D eigenvalue weighted by molar-refractivity contribution is 7.19. The molecule has 0 saturated carbocycles. The van der Waals surface area contributed by atoms with Gasteiger partial charge in [-0.25, -0.2) is 0 Å². The number of nitrogens with zero attached hydrogens (tertiary/aromatic N) is 2. The molecule has 5 nitrogen and oxygen atoms in total. The third kappa shape index (κ3) is 4.12. The SMILES string of the molecule is CCCN1C(=O)C(CC(C)C)NC(=O)C12CCN(Cc1sc3ccccc3c1C)CC2. The van der Waals surface area contributed by atoms with Gasteiger partial charge in [-0.3, -0.25) is 14.5 Å². The van der Waals surface area contributed by atoms with Gasteiger partial charge in [0.05, 0.1) is 0 Å². The predicted octanol–water partition coefficient (Wildman–Crippen LogP) is 4.33. The molecule has 3 heterocycles. The lowest BCUT2D eigenvalue weighted by Crippen LogP contribution is -2.73. The van der Waals surface area contributed by atoms with Crippen LogP contribution in [-0.4, -0.2) is 52.8 Å². The van der Waals surface area contributed by atoms with Gasteiger partial charge in [0.2, 0.25) is 11.8 Å². The quantitative estimate of drug-likeness (QED) is 0.726. The number of rotatable bonds is 6. The Kier molecular flexibility index (Phi) is 6.40. The van der Waals surface area contributed by atoms with E-state index in [1.807, 2.05) is 16.2 Å². The zero-order chi connectivity index (χ0) is 22.2. The van der Waals surface area contributed by atoms with Gasteiger partial charge in [0.25, 0.3) is 0 Å². The minimum Gasteiger partial charge on any atom is -0.342 e. The second-order valence-electron chi connectivity index (χ2n) is 9.60. The molecular formula is C25H35N3O2S. The van der Waals surface area contributed by atoms with Crippen LogP contribution in [0.1, 0.15) is 56.9 Å². The average Bonchev–Trinajstić information content (AvgIpc) is 3.06. The second-order valence-corrected chi connectivity index (χ2v) is 10.7. The second kappa shape index (κ2) is 8.91. The van der Waals surface area contributed by atoms with E-state index in [1.165, 1.54) is 20.5 Å². The molecule has 1 aromatic carbocycles. The van der Waals surface area contributed by atoms with Gasteiger partial charge in [-0.2, -0.15) is 0 Å². The molecule has 0 radical (unpaired) electrons. The fourth-order valence-electron chi connectivity index (χ4n) is 5.21. The van der Waals surface area contributed by atoms with Gasteiger partial charge >= 0.3 is 0 Å². The number of piperazine rings is 1. The van der Waals surface area contributed by atoms with Crippen molar-refractivity contribution >= 4 is 33.2 Å². The lowest BCUT2D eigenvalue weighted by atomic mass is 9.80. The topological polar surface area (TPSA) is 52.7 Å². The molecule has 2 amide bonds.